The quantitative estimate of drug-likeness (QED) is 0.647. The van der Waals surface area contributed by atoms with E-state index in [2.05, 4.69) is 29.7 Å². The molecule has 0 unspecified atom stereocenters. The number of rotatable bonds is 4. The zero-order valence-corrected chi connectivity index (χ0v) is 19.8. The minimum atomic E-state index is -0.220. The van der Waals surface area contributed by atoms with Gasteiger partial charge in [0, 0.05) is 49.9 Å². The first kappa shape index (κ1) is 21.8. The van der Waals surface area contributed by atoms with Crippen molar-refractivity contribution < 1.29 is 23.8 Å². The van der Waals surface area contributed by atoms with E-state index in [4.69, 9.17) is 14.2 Å². The Balaban J connectivity index is 1.07. The Labute approximate surface area is 199 Å². The van der Waals surface area contributed by atoms with E-state index in [9.17, 15) is 9.59 Å². The average Bonchev–Trinajstić information content (AvgIpc) is 3.42. The molecule has 4 aliphatic rings. The highest BCUT2D eigenvalue weighted by atomic mass is 16.5. The first-order valence-electron chi connectivity index (χ1n) is 12.2. The molecule has 6 rings (SSSR count). The van der Waals surface area contributed by atoms with Crippen molar-refractivity contribution in [3.63, 3.8) is 0 Å². The number of carbonyl (C=O) groups is 2. The number of hydrogen-bond acceptors (Lipinski definition) is 7. The molecule has 0 N–H and O–H groups in total. The number of ether oxygens (including phenoxy) is 3. The molecule has 0 aromatic heterocycles. The highest BCUT2D eigenvalue weighted by molar-refractivity contribution is 5.94. The molecule has 4 aliphatic heterocycles. The Morgan fingerprint density at radius 3 is 2.35 bits per heavy atom. The van der Waals surface area contributed by atoms with E-state index in [1.54, 1.807) is 0 Å². The lowest BCUT2D eigenvalue weighted by molar-refractivity contribution is -0.0903. The second kappa shape index (κ2) is 8.48. The third-order valence-corrected chi connectivity index (χ3v) is 8.11. The summed E-state index contributed by atoms with van der Waals surface area (Å²) in [6.07, 6.45) is 1.00. The molecule has 2 aromatic rings. The maximum atomic E-state index is 11.9. The first-order chi connectivity index (χ1) is 16.5. The van der Waals surface area contributed by atoms with Crippen LogP contribution in [0.25, 0.3) is 0 Å². The van der Waals surface area contributed by atoms with Crippen LogP contribution >= 0.6 is 0 Å². The Hall–Kier alpha value is -2.74. The highest BCUT2D eigenvalue weighted by Crippen LogP contribution is 2.34. The second-order valence-corrected chi connectivity index (χ2v) is 9.86. The smallest absolute Gasteiger partial charge is 0.338 e. The molecule has 0 amide bonds. The van der Waals surface area contributed by atoms with Crippen LogP contribution < -0.4 is 0 Å². The Kier molecular flexibility index (Phi) is 5.43. The lowest BCUT2D eigenvalue weighted by Crippen LogP contribution is -2.58. The number of benzene rings is 2. The third kappa shape index (κ3) is 3.63. The Bertz CT molecular complexity index is 1180. The van der Waals surface area contributed by atoms with Crippen LogP contribution in [0, 0.1) is 13.8 Å². The minimum Gasteiger partial charge on any atom is -0.457 e. The van der Waals surface area contributed by atoms with Gasteiger partial charge < -0.3 is 19.1 Å². The first-order valence-corrected chi connectivity index (χ1v) is 12.2. The molecule has 2 saturated heterocycles. The van der Waals surface area contributed by atoms with Crippen LogP contribution in [0.1, 0.15) is 60.2 Å². The monoisotopic (exact) mass is 462 g/mol. The summed E-state index contributed by atoms with van der Waals surface area (Å²) in [6.45, 7) is 10.6. The van der Waals surface area contributed by atoms with Gasteiger partial charge in [-0.25, -0.2) is 9.59 Å². The van der Waals surface area contributed by atoms with Gasteiger partial charge in [0.05, 0.1) is 23.8 Å². The largest absolute Gasteiger partial charge is 0.457 e. The van der Waals surface area contributed by atoms with Gasteiger partial charge in [-0.1, -0.05) is 12.1 Å². The molecular formula is C27H30N2O5. The van der Waals surface area contributed by atoms with E-state index >= 15 is 0 Å². The van der Waals surface area contributed by atoms with Gasteiger partial charge in [0.1, 0.15) is 13.2 Å². The van der Waals surface area contributed by atoms with Gasteiger partial charge in [0.25, 0.3) is 0 Å². The van der Waals surface area contributed by atoms with Crippen molar-refractivity contribution in [1.29, 1.82) is 0 Å². The van der Waals surface area contributed by atoms with Crippen molar-refractivity contribution in [3.05, 3.63) is 68.8 Å². The topological polar surface area (TPSA) is 68.3 Å². The van der Waals surface area contributed by atoms with Gasteiger partial charge in [-0.3, -0.25) is 4.90 Å². The molecule has 2 fully saturated rings. The van der Waals surface area contributed by atoms with Crippen LogP contribution in [0.2, 0.25) is 0 Å². The molecular weight excluding hydrogens is 432 g/mol. The van der Waals surface area contributed by atoms with Gasteiger partial charge in [0.15, 0.2) is 0 Å². The lowest BCUT2D eigenvalue weighted by Gasteiger charge is -2.46. The van der Waals surface area contributed by atoms with Crippen LogP contribution in [-0.2, 0) is 33.8 Å². The molecule has 0 spiro atoms. The van der Waals surface area contributed by atoms with E-state index in [1.165, 1.54) is 16.7 Å². The predicted octanol–water partition coefficient (Wildman–Crippen LogP) is 2.94. The van der Waals surface area contributed by atoms with Crippen LogP contribution in [0.3, 0.4) is 0 Å². The van der Waals surface area contributed by atoms with Crippen molar-refractivity contribution in [1.82, 2.24) is 9.80 Å². The fourth-order valence-electron chi connectivity index (χ4n) is 5.90. The summed E-state index contributed by atoms with van der Waals surface area (Å²) < 4.78 is 16.8. The van der Waals surface area contributed by atoms with Crippen molar-refractivity contribution in [2.24, 2.45) is 0 Å². The molecule has 7 heteroatoms. The minimum absolute atomic E-state index is 0.0304. The molecule has 2 atom stereocenters. The van der Waals surface area contributed by atoms with E-state index < -0.39 is 0 Å². The molecule has 34 heavy (non-hydrogen) atoms. The van der Waals surface area contributed by atoms with Crippen molar-refractivity contribution in [3.8, 4) is 0 Å². The number of hydrogen-bond donors (Lipinski definition) is 0. The fourth-order valence-corrected chi connectivity index (χ4v) is 5.90. The summed E-state index contributed by atoms with van der Waals surface area (Å²) in [5.41, 5.74) is 8.28. The zero-order chi connectivity index (χ0) is 23.4. The molecule has 0 radical (unpaired) electrons. The van der Waals surface area contributed by atoms with E-state index in [-0.39, 0.29) is 18.0 Å². The second-order valence-electron chi connectivity index (χ2n) is 9.86. The molecule has 0 aliphatic carbocycles. The standard InChI is InChI=1S/C27H30N2O5/c1-16-18(3-4-21-23(16)14-33-26(21)30)7-8-28-9-10-29-12-25(32-13-19(29)11-28)20-5-6-22-24(17(20)2)15-34-27(22)31/h3-6,19,25H,7-15H2,1-2H3/t19-,25+/m0/s1. The summed E-state index contributed by atoms with van der Waals surface area (Å²) in [5.74, 6) is -0.421. The van der Waals surface area contributed by atoms with Crippen LogP contribution in [-0.4, -0.2) is 67.1 Å². The molecule has 4 heterocycles. The zero-order valence-electron chi connectivity index (χ0n) is 19.8. The van der Waals surface area contributed by atoms with E-state index in [0.29, 0.717) is 31.4 Å². The number of morpholine rings is 1. The summed E-state index contributed by atoms with van der Waals surface area (Å²) in [6, 6.07) is 8.34. The van der Waals surface area contributed by atoms with Gasteiger partial charge in [0.2, 0.25) is 0 Å². The molecule has 7 nitrogen and oxygen atoms in total. The van der Waals surface area contributed by atoms with E-state index in [1.807, 2.05) is 18.2 Å². The number of carbonyl (C=O) groups excluding carboxylic acids is 2. The van der Waals surface area contributed by atoms with Crippen molar-refractivity contribution in [2.45, 2.75) is 45.6 Å². The third-order valence-electron chi connectivity index (χ3n) is 8.11. The van der Waals surface area contributed by atoms with Crippen molar-refractivity contribution >= 4 is 11.9 Å². The lowest BCUT2D eigenvalue weighted by atomic mass is 9.94. The van der Waals surface area contributed by atoms with Crippen LogP contribution in [0.4, 0.5) is 0 Å². The molecule has 178 valence electrons. The molecule has 0 bridgehead atoms. The predicted molar refractivity (Wildman–Crippen MR) is 125 cm³/mol. The van der Waals surface area contributed by atoms with Gasteiger partial charge in [-0.05, 0) is 54.7 Å². The van der Waals surface area contributed by atoms with Crippen molar-refractivity contribution in [2.75, 3.05) is 39.3 Å². The number of fused-ring (bicyclic) bond motifs is 3. The van der Waals surface area contributed by atoms with Gasteiger partial charge in [-0.2, -0.15) is 0 Å². The summed E-state index contributed by atoms with van der Waals surface area (Å²) >= 11 is 0. The number of nitrogens with zero attached hydrogens (tertiary/aromatic N) is 2. The molecule has 2 aromatic carbocycles. The highest BCUT2D eigenvalue weighted by Gasteiger charge is 2.35. The Morgan fingerprint density at radius 1 is 0.882 bits per heavy atom. The van der Waals surface area contributed by atoms with Gasteiger partial charge >= 0.3 is 11.9 Å². The van der Waals surface area contributed by atoms with Crippen LogP contribution in [0.15, 0.2) is 24.3 Å². The average molecular weight is 463 g/mol. The van der Waals surface area contributed by atoms with Crippen LogP contribution in [0.5, 0.6) is 0 Å². The van der Waals surface area contributed by atoms with E-state index in [0.717, 1.165) is 61.4 Å². The number of cyclic esters (lactones) is 2. The maximum Gasteiger partial charge on any atom is 0.338 e. The molecule has 0 saturated carbocycles. The number of piperazine rings is 1. The number of esters is 2. The SMILES string of the molecule is Cc1c(CCN2CCN3C[C@H](c4ccc5c(c4C)COC5=O)OC[C@@H]3C2)ccc2c1COC2=O. The normalized spacial score (nSPS) is 24.4. The van der Waals surface area contributed by atoms with Gasteiger partial charge in [-0.15, -0.1) is 0 Å². The summed E-state index contributed by atoms with van der Waals surface area (Å²) in [7, 11) is 0. The fraction of sp³-hybridized carbons (Fsp3) is 0.481. The summed E-state index contributed by atoms with van der Waals surface area (Å²) in [5, 5.41) is 0. The summed E-state index contributed by atoms with van der Waals surface area (Å²) in [4.78, 5) is 28.7. The maximum absolute atomic E-state index is 11.9. The Morgan fingerprint density at radius 2 is 1.59 bits per heavy atom.